The average molecular weight is 230 g/mol. The van der Waals surface area contributed by atoms with Crippen molar-refractivity contribution < 1.29 is 4.79 Å². The van der Waals surface area contributed by atoms with Gasteiger partial charge in [-0.3, -0.25) is 0 Å². The first-order valence-electron chi connectivity index (χ1n) is 5.78. The zero-order valence-corrected chi connectivity index (χ0v) is 9.76. The summed E-state index contributed by atoms with van der Waals surface area (Å²) in [6, 6.07) is 5.40. The van der Waals surface area contributed by atoms with Crippen molar-refractivity contribution >= 4 is 11.7 Å². The first kappa shape index (κ1) is 10.4. The predicted molar refractivity (Wildman–Crippen MR) is 63.9 cm³/mol. The third-order valence-corrected chi connectivity index (χ3v) is 3.26. The molecule has 88 valence electrons. The second kappa shape index (κ2) is 3.92. The van der Waals surface area contributed by atoms with Crippen LogP contribution in [0, 0.1) is 0 Å². The van der Waals surface area contributed by atoms with Crippen molar-refractivity contribution in [3.8, 4) is 0 Å². The standard InChI is InChI=1S/C12H14N4O/c1-15-5-7-16(8-6-15)10-4-2-3-9-11(10)14-12(17)13-9/h2-4H,5-8H2,1H3. The summed E-state index contributed by atoms with van der Waals surface area (Å²) >= 11 is 0. The van der Waals surface area contributed by atoms with Crippen molar-refractivity contribution in [2.75, 3.05) is 38.1 Å². The fraction of sp³-hybridized carbons (Fsp3) is 0.417. The molecule has 0 N–H and O–H groups in total. The molecule has 1 fully saturated rings. The molecule has 3 rings (SSSR count). The number of likely N-dealkylation sites (N-methyl/N-ethyl adjacent to an activating group) is 1. The van der Waals surface area contributed by atoms with Gasteiger partial charge >= 0.3 is 6.03 Å². The number of anilines is 1. The first-order chi connectivity index (χ1) is 8.24. The second-order valence-corrected chi connectivity index (χ2v) is 4.44. The fourth-order valence-corrected chi connectivity index (χ4v) is 2.25. The van der Waals surface area contributed by atoms with Gasteiger partial charge < -0.3 is 9.80 Å². The summed E-state index contributed by atoms with van der Waals surface area (Å²) < 4.78 is 0. The number of nitrogens with zero attached hydrogens (tertiary/aromatic N) is 4. The van der Waals surface area contributed by atoms with Gasteiger partial charge in [0.05, 0.1) is 11.0 Å². The molecule has 0 aromatic heterocycles. The fourth-order valence-electron chi connectivity index (χ4n) is 2.25. The number of fused-ring (bicyclic) bond motifs is 1. The van der Waals surface area contributed by atoms with Crippen LogP contribution in [-0.2, 0) is 0 Å². The minimum Gasteiger partial charge on any atom is -0.367 e. The number of carbonyl (C=O) groups is 1. The molecule has 0 saturated carbocycles. The van der Waals surface area contributed by atoms with Gasteiger partial charge in [0.1, 0.15) is 5.36 Å². The normalized spacial score (nSPS) is 19.8. The molecule has 0 bridgehead atoms. The summed E-state index contributed by atoms with van der Waals surface area (Å²) in [7, 11) is 2.12. The molecule has 1 aromatic rings. The van der Waals surface area contributed by atoms with Crippen LogP contribution >= 0.6 is 0 Å². The van der Waals surface area contributed by atoms with E-state index < -0.39 is 0 Å². The summed E-state index contributed by atoms with van der Waals surface area (Å²) in [6.07, 6.45) is 0. The van der Waals surface area contributed by atoms with Crippen molar-refractivity contribution in [3.63, 3.8) is 0 Å². The van der Waals surface area contributed by atoms with Gasteiger partial charge in [-0.05, 0) is 19.2 Å². The SMILES string of the molecule is CN1CCN(c2cccc3c2=NC(=O)N=3)CC1. The summed E-state index contributed by atoms with van der Waals surface area (Å²) in [5.41, 5.74) is 1.03. The summed E-state index contributed by atoms with van der Waals surface area (Å²) in [5, 5.41) is 1.44. The molecule has 0 spiro atoms. The number of para-hydroxylation sites is 1. The molecule has 2 aliphatic rings. The van der Waals surface area contributed by atoms with Gasteiger partial charge in [-0.2, -0.15) is 9.98 Å². The Labute approximate surface area is 99.1 Å². The molecule has 5 heteroatoms. The van der Waals surface area contributed by atoms with E-state index in [4.69, 9.17) is 0 Å². The zero-order chi connectivity index (χ0) is 11.8. The van der Waals surface area contributed by atoms with E-state index in [-0.39, 0.29) is 6.03 Å². The number of carbonyl (C=O) groups excluding carboxylic acids is 1. The van der Waals surface area contributed by atoms with Gasteiger partial charge in [0.15, 0.2) is 0 Å². The summed E-state index contributed by atoms with van der Waals surface area (Å²) in [4.78, 5) is 23.7. The Morgan fingerprint density at radius 2 is 1.88 bits per heavy atom. The zero-order valence-electron chi connectivity index (χ0n) is 9.76. The lowest BCUT2D eigenvalue weighted by atomic mass is 10.2. The van der Waals surface area contributed by atoms with Crippen LogP contribution in [0.15, 0.2) is 28.2 Å². The lowest BCUT2D eigenvalue weighted by molar-refractivity contribution is 0.256. The number of amides is 2. The molecular weight excluding hydrogens is 216 g/mol. The Hall–Kier alpha value is -1.75. The van der Waals surface area contributed by atoms with E-state index in [1.807, 2.05) is 18.2 Å². The van der Waals surface area contributed by atoms with Crippen LogP contribution in [0.1, 0.15) is 0 Å². The first-order valence-corrected chi connectivity index (χ1v) is 5.78. The van der Waals surface area contributed by atoms with E-state index in [1.165, 1.54) is 0 Å². The Morgan fingerprint density at radius 3 is 2.65 bits per heavy atom. The van der Waals surface area contributed by atoms with E-state index in [9.17, 15) is 4.79 Å². The average Bonchev–Trinajstić information content (AvgIpc) is 2.70. The number of piperazine rings is 1. The van der Waals surface area contributed by atoms with Gasteiger partial charge in [-0.25, -0.2) is 4.79 Å². The molecule has 1 saturated heterocycles. The molecule has 2 heterocycles. The number of benzene rings is 1. The van der Waals surface area contributed by atoms with Crippen molar-refractivity contribution in [1.82, 2.24) is 4.90 Å². The van der Waals surface area contributed by atoms with Gasteiger partial charge in [0.2, 0.25) is 0 Å². The molecule has 17 heavy (non-hydrogen) atoms. The molecule has 2 amide bonds. The quantitative estimate of drug-likeness (QED) is 0.672. The molecule has 2 aliphatic heterocycles. The second-order valence-electron chi connectivity index (χ2n) is 4.44. The van der Waals surface area contributed by atoms with Crippen LogP contribution < -0.4 is 15.6 Å². The Balaban J connectivity index is 2.01. The number of hydrogen-bond acceptors (Lipinski definition) is 3. The Morgan fingerprint density at radius 1 is 1.12 bits per heavy atom. The summed E-state index contributed by atoms with van der Waals surface area (Å²) in [5.74, 6) is 0. The predicted octanol–water partition coefficient (Wildman–Crippen LogP) is -0.189. The maximum absolute atomic E-state index is 11.2. The molecule has 0 aliphatic carbocycles. The minimum atomic E-state index is -0.387. The number of rotatable bonds is 1. The van der Waals surface area contributed by atoms with Crippen LogP contribution in [0.25, 0.3) is 0 Å². The van der Waals surface area contributed by atoms with Gasteiger partial charge in [0.25, 0.3) is 0 Å². The van der Waals surface area contributed by atoms with Gasteiger partial charge in [-0.1, -0.05) is 6.07 Å². The van der Waals surface area contributed by atoms with Crippen molar-refractivity contribution in [3.05, 3.63) is 28.9 Å². The van der Waals surface area contributed by atoms with Crippen LogP contribution in [0.4, 0.5) is 10.5 Å². The van der Waals surface area contributed by atoms with E-state index in [2.05, 4.69) is 26.8 Å². The number of hydrogen-bond donors (Lipinski definition) is 0. The monoisotopic (exact) mass is 230 g/mol. The molecule has 0 atom stereocenters. The van der Waals surface area contributed by atoms with Crippen LogP contribution in [0.2, 0.25) is 0 Å². The van der Waals surface area contributed by atoms with Crippen molar-refractivity contribution in [2.45, 2.75) is 0 Å². The summed E-state index contributed by atoms with van der Waals surface area (Å²) in [6.45, 7) is 4.01. The van der Waals surface area contributed by atoms with Crippen LogP contribution in [-0.4, -0.2) is 44.2 Å². The highest BCUT2D eigenvalue weighted by Crippen LogP contribution is 2.10. The van der Waals surface area contributed by atoms with E-state index >= 15 is 0 Å². The van der Waals surface area contributed by atoms with Gasteiger partial charge in [0, 0.05) is 26.2 Å². The molecule has 1 aromatic carbocycles. The topological polar surface area (TPSA) is 48.3 Å². The molecule has 0 radical (unpaired) electrons. The van der Waals surface area contributed by atoms with Crippen molar-refractivity contribution in [1.29, 1.82) is 0 Å². The lowest BCUT2D eigenvalue weighted by Gasteiger charge is -2.33. The van der Waals surface area contributed by atoms with E-state index in [1.54, 1.807) is 0 Å². The van der Waals surface area contributed by atoms with E-state index in [0.717, 1.165) is 37.2 Å². The maximum Gasteiger partial charge on any atom is 0.368 e. The Bertz CT molecular complexity index is 573. The third kappa shape index (κ3) is 1.82. The lowest BCUT2D eigenvalue weighted by Crippen LogP contribution is -2.47. The highest BCUT2D eigenvalue weighted by Gasteiger charge is 2.18. The third-order valence-electron chi connectivity index (χ3n) is 3.26. The molecule has 5 nitrogen and oxygen atoms in total. The van der Waals surface area contributed by atoms with Crippen molar-refractivity contribution in [2.24, 2.45) is 9.98 Å². The number of urea groups is 1. The van der Waals surface area contributed by atoms with Crippen LogP contribution in [0.5, 0.6) is 0 Å². The largest absolute Gasteiger partial charge is 0.368 e. The maximum atomic E-state index is 11.2. The molecule has 0 unspecified atom stereocenters. The van der Waals surface area contributed by atoms with Gasteiger partial charge in [-0.15, -0.1) is 0 Å². The smallest absolute Gasteiger partial charge is 0.367 e. The Kier molecular flexibility index (Phi) is 2.40. The highest BCUT2D eigenvalue weighted by molar-refractivity contribution is 5.78. The minimum absolute atomic E-state index is 0.387. The highest BCUT2D eigenvalue weighted by atomic mass is 16.2. The van der Waals surface area contributed by atoms with E-state index in [0.29, 0.717) is 5.36 Å². The molecular formula is C12H14N4O. The van der Waals surface area contributed by atoms with Crippen LogP contribution in [0.3, 0.4) is 0 Å².